The van der Waals surface area contributed by atoms with E-state index < -0.39 is 18.0 Å². The van der Waals surface area contributed by atoms with Crippen molar-refractivity contribution in [2.24, 2.45) is 0 Å². The molecule has 0 bridgehead atoms. The molecule has 0 saturated carbocycles. The fraction of sp³-hybridized carbons (Fsp3) is 0.300. The zero-order chi connectivity index (χ0) is 21.4. The maximum atomic E-state index is 12.9. The lowest BCUT2D eigenvalue weighted by atomic mass is 10.1. The Morgan fingerprint density at radius 2 is 2.03 bits per heavy atom. The number of carbonyl (C=O) groups is 3. The Hall–Kier alpha value is -3.82. The zero-order valence-electron chi connectivity index (χ0n) is 16.7. The molecule has 154 valence electrons. The van der Waals surface area contributed by atoms with E-state index in [0.29, 0.717) is 28.4 Å². The molecule has 0 aliphatic carbocycles. The maximum absolute atomic E-state index is 12.9. The Labute approximate surface area is 171 Å². The topological polar surface area (TPSA) is 119 Å². The number of esters is 1. The maximum Gasteiger partial charge on any atom is 0.311 e. The minimum Gasteiger partial charge on any atom is -0.452 e. The Morgan fingerprint density at radius 3 is 2.83 bits per heavy atom. The molecule has 1 atom stereocenters. The smallest absolute Gasteiger partial charge is 0.311 e. The SMILES string of the molecule is Cc1nc2ncnn2c(C)c1CC(=O)O[C@H](C)C(=O)N1CC(=O)Nc2ccccc21. The van der Waals surface area contributed by atoms with E-state index in [4.69, 9.17) is 4.74 Å². The molecule has 10 nitrogen and oxygen atoms in total. The summed E-state index contributed by atoms with van der Waals surface area (Å²) in [7, 11) is 0. The summed E-state index contributed by atoms with van der Waals surface area (Å²) in [6.45, 7) is 4.95. The highest BCUT2D eigenvalue weighted by Gasteiger charge is 2.31. The second-order valence-corrected chi connectivity index (χ2v) is 7.03. The van der Waals surface area contributed by atoms with Gasteiger partial charge in [-0.05, 0) is 32.9 Å². The minimum absolute atomic E-state index is 0.0604. The predicted molar refractivity (Wildman–Crippen MR) is 107 cm³/mol. The lowest BCUT2D eigenvalue weighted by Gasteiger charge is -2.30. The normalized spacial score (nSPS) is 14.2. The lowest BCUT2D eigenvalue weighted by molar-refractivity contribution is -0.153. The van der Waals surface area contributed by atoms with Gasteiger partial charge in [0, 0.05) is 17.0 Å². The molecule has 2 amide bonds. The molecule has 0 saturated heterocycles. The van der Waals surface area contributed by atoms with Gasteiger partial charge < -0.3 is 10.1 Å². The van der Waals surface area contributed by atoms with Crippen LogP contribution in [0.5, 0.6) is 0 Å². The third-order valence-electron chi connectivity index (χ3n) is 5.00. The van der Waals surface area contributed by atoms with Crippen molar-refractivity contribution in [1.82, 2.24) is 19.6 Å². The molecule has 0 radical (unpaired) electrons. The number of aryl methyl sites for hydroxylation is 2. The molecule has 4 rings (SSSR count). The van der Waals surface area contributed by atoms with Crippen LogP contribution in [0.2, 0.25) is 0 Å². The van der Waals surface area contributed by atoms with Crippen LogP contribution < -0.4 is 10.2 Å². The first kappa shape index (κ1) is 19.5. The van der Waals surface area contributed by atoms with Gasteiger partial charge in [-0.25, -0.2) is 9.50 Å². The van der Waals surface area contributed by atoms with Crippen molar-refractivity contribution in [2.75, 3.05) is 16.8 Å². The van der Waals surface area contributed by atoms with Crippen molar-refractivity contribution in [2.45, 2.75) is 33.3 Å². The standard InChI is InChI=1S/C20H20N6O4/c1-11-14(12(2)26-20(23-11)21-10-22-26)8-18(28)30-13(3)19(29)25-9-17(27)24-15-6-4-5-7-16(15)25/h4-7,10,13H,8-9H2,1-3H3,(H,24,27)/t13-/m1/s1. The number of para-hydroxylation sites is 2. The number of benzene rings is 1. The van der Waals surface area contributed by atoms with E-state index in [1.54, 1.807) is 35.7 Å². The number of fused-ring (bicyclic) bond motifs is 2. The molecular formula is C20H20N6O4. The number of anilines is 2. The first-order valence-corrected chi connectivity index (χ1v) is 9.40. The highest BCUT2D eigenvalue weighted by molar-refractivity contribution is 6.11. The predicted octanol–water partition coefficient (Wildman–Crippen LogP) is 1.20. The van der Waals surface area contributed by atoms with Crippen molar-refractivity contribution >= 4 is 34.9 Å². The summed E-state index contributed by atoms with van der Waals surface area (Å²) in [6, 6.07) is 6.97. The van der Waals surface area contributed by atoms with Crippen LogP contribution in [0.4, 0.5) is 11.4 Å². The fourth-order valence-corrected chi connectivity index (χ4v) is 3.49. The van der Waals surface area contributed by atoms with Gasteiger partial charge in [-0.15, -0.1) is 0 Å². The van der Waals surface area contributed by atoms with Gasteiger partial charge in [-0.3, -0.25) is 19.3 Å². The fourth-order valence-electron chi connectivity index (χ4n) is 3.49. The Bertz CT molecular complexity index is 1170. The van der Waals surface area contributed by atoms with E-state index in [2.05, 4.69) is 20.4 Å². The molecule has 0 unspecified atom stereocenters. The third kappa shape index (κ3) is 3.47. The third-order valence-corrected chi connectivity index (χ3v) is 5.00. The molecule has 1 aromatic carbocycles. The number of hydrogen-bond donors (Lipinski definition) is 1. The number of aromatic nitrogens is 4. The van der Waals surface area contributed by atoms with E-state index in [-0.39, 0.29) is 18.9 Å². The second kappa shape index (κ2) is 7.54. The summed E-state index contributed by atoms with van der Waals surface area (Å²) < 4.78 is 6.94. The first-order valence-electron chi connectivity index (χ1n) is 9.40. The van der Waals surface area contributed by atoms with E-state index >= 15 is 0 Å². The summed E-state index contributed by atoms with van der Waals surface area (Å²) in [6.07, 6.45) is 0.277. The van der Waals surface area contributed by atoms with Gasteiger partial charge in [0.1, 0.15) is 12.9 Å². The Balaban J connectivity index is 1.49. The number of nitrogens with zero attached hydrogens (tertiary/aromatic N) is 5. The molecule has 0 fully saturated rings. The Kier molecular flexibility index (Phi) is 4.90. The lowest BCUT2D eigenvalue weighted by Crippen LogP contribution is -2.47. The monoisotopic (exact) mass is 408 g/mol. The van der Waals surface area contributed by atoms with Gasteiger partial charge in [-0.2, -0.15) is 10.1 Å². The molecule has 3 aromatic rings. The highest BCUT2D eigenvalue weighted by atomic mass is 16.5. The van der Waals surface area contributed by atoms with Crippen LogP contribution in [0.15, 0.2) is 30.6 Å². The van der Waals surface area contributed by atoms with E-state index in [0.717, 1.165) is 5.69 Å². The van der Waals surface area contributed by atoms with Gasteiger partial charge in [0.05, 0.1) is 17.8 Å². The van der Waals surface area contributed by atoms with E-state index in [1.807, 2.05) is 6.92 Å². The summed E-state index contributed by atoms with van der Waals surface area (Å²) in [5, 5.41) is 6.82. The van der Waals surface area contributed by atoms with Crippen LogP contribution in [0.25, 0.3) is 5.78 Å². The van der Waals surface area contributed by atoms with Crippen LogP contribution in [0.3, 0.4) is 0 Å². The summed E-state index contributed by atoms with van der Waals surface area (Å²) >= 11 is 0. The molecule has 1 aliphatic heterocycles. The van der Waals surface area contributed by atoms with Crippen molar-refractivity contribution < 1.29 is 19.1 Å². The number of ether oxygens (including phenoxy) is 1. The van der Waals surface area contributed by atoms with Crippen LogP contribution in [0.1, 0.15) is 23.9 Å². The van der Waals surface area contributed by atoms with Gasteiger partial charge in [-0.1, -0.05) is 12.1 Å². The number of nitrogens with one attached hydrogen (secondary N) is 1. The molecular weight excluding hydrogens is 388 g/mol. The molecule has 1 aliphatic rings. The second-order valence-electron chi connectivity index (χ2n) is 7.03. The van der Waals surface area contributed by atoms with Crippen LogP contribution in [-0.2, 0) is 25.5 Å². The van der Waals surface area contributed by atoms with E-state index in [9.17, 15) is 14.4 Å². The zero-order valence-corrected chi connectivity index (χ0v) is 16.7. The number of rotatable bonds is 4. The van der Waals surface area contributed by atoms with Gasteiger partial charge in [0.2, 0.25) is 5.91 Å². The molecule has 2 aromatic heterocycles. The van der Waals surface area contributed by atoms with Crippen LogP contribution in [0, 0.1) is 13.8 Å². The quantitative estimate of drug-likeness (QED) is 0.644. The van der Waals surface area contributed by atoms with Crippen molar-refractivity contribution in [3.63, 3.8) is 0 Å². The molecule has 30 heavy (non-hydrogen) atoms. The van der Waals surface area contributed by atoms with Crippen LogP contribution in [-0.4, -0.2) is 50.0 Å². The summed E-state index contributed by atoms with van der Waals surface area (Å²) in [4.78, 5) is 47.1. The molecule has 3 heterocycles. The largest absolute Gasteiger partial charge is 0.452 e. The van der Waals surface area contributed by atoms with Gasteiger partial charge >= 0.3 is 5.97 Å². The van der Waals surface area contributed by atoms with Crippen LogP contribution >= 0.6 is 0 Å². The number of carbonyl (C=O) groups excluding carboxylic acids is 3. The number of amides is 2. The Morgan fingerprint density at radius 1 is 1.27 bits per heavy atom. The minimum atomic E-state index is -1.06. The average Bonchev–Trinajstić information content (AvgIpc) is 3.18. The average molecular weight is 408 g/mol. The number of hydrogen-bond acceptors (Lipinski definition) is 7. The summed E-state index contributed by atoms with van der Waals surface area (Å²) in [5.41, 5.74) is 3.15. The molecule has 10 heteroatoms. The molecule has 0 spiro atoms. The van der Waals surface area contributed by atoms with Gasteiger partial charge in [0.15, 0.2) is 6.10 Å². The van der Waals surface area contributed by atoms with Crippen molar-refractivity contribution in [1.29, 1.82) is 0 Å². The van der Waals surface area contributed by atoms with Gasteiger partial charge in [0.25, 0.3) is 11.7 Å². The molecule has 1 N–H and O–H groups in total. The first-order chi connectivity index (χ1) is 14.3. The summed E-state index contributed by atoms with van der Waals surface area (Å²) in [5.74, 6) is -0.895. The van der Waals surface area contributed by atoms with Crippen molar-refractivity contribution in [3.8, 4) is 0 Å². The highest BCUT2D eigenvalue weighted by Crippen LogP contribution is 2.29. The van der Waals surface area contributed by atoms with E-state index in [1.165, 1.54) is 18.2 Å². The van der Waals surface area contributed by atoms with Crippen molar-refractivity contribution in [3.05, 3.63) is 47.5 Å².